The van der Waals surface area contributed by atoms with Crippen LogP contribution in [-0.4, -0.2) is 16.4 Å². The van der Waals surface area contributed by atoms with Crippen molar-refractivity contribution in [1.82, 2.24) is 9.97 Å². The van der Waals surface area contributed by atoms with Gasteiger partial charge >= 0.3 is 0 Å². The van der Waals surface area contributed by atoms with Gasteiger partial charge < -0.3 is 0 Å². The standard InChI is InChI=1S/C14H13FIN3O/c1-8(2)12-11(16)13(19-14(18-12)17-7-20)9-3-5-10(15)6-4-9/h3-8H,1-2H3,(H,17,18,19,20). The summed E-state index contributed by atoms with van der Waals surface area (Å²) in [6.45, 7) is 4.03. The first-order valence-corrected chi connectivity index (χ1v) is 7.14. The van der Waals surface area contributed by atoms with Crippen LogP contribution in [0.4, 0.5) is 10.3 Å². The van der Waals surface area contributed by atoms with Crippen molar-refractivity contribution in [3.8, 4) is 11.3 Å². The van der Waals surface area contributed by atoms with E-state index in [0.717, 1.165) is 14.8 Å². The molecular formula is C14H13FIN3O. The quantitative estimate of drug-likeness (QED) is 0.647. The second-order valence-corrected chi connectivity index (χ2v) is 5.60. The van der Waals surface area contributed by atoms with E-state index in [-0.39, 0.29) is 17.7 Å². The Labute approximate surface area is 130 Å². The van der Waals surface area contributed by atoms with E-state index < -0.39 is 0 Å². The maximum Gasteiger partial charge on any atom is 0.230 e. The minimum atomic E-state index is -0.298. The lowest BCUT2D eigenvalue weighted by atomic mass is 10.1. The molecule has 0 saturated heterocycles. The molecule has 1 amide bonds. The van der Waals surface area contributed by atoms with Gasteiger partial charge in [0.25, 0.3) is 0 Å². The highest BCUT2D eigenvalue weighted by atomic mass is 127. The molecule has 6 heteroatoms. The molecule has 1 aromatic heterocycles. The molecule has 0 bridgehead atoms. The molecule has 1 N–H and O–H groups in total. The Kier molecular flexibility index (Phi) is 4.64. The summed E-state index contributed by atoms with van der Waals surface area (Å²) in [5.74, 6) is 0.146. The molecule has 0 aliphatic heterocycles. The van der Waals surface area contributed by atoms with E-state index in [1.54, 1.807) is 12.1 Å². The average Bonchev–Trinajstić information content (AvgIpc) is 2.41. The summed E-state index contributed by atoms with van der Waals surface area (Å²) in [4.78, 5) is 19.2. The van der Waals surface area contributed by atoms with Crippen molar-refractivity contribution in [2.75, 3.05) is 5.32 Å². The normalized spacial score (nSPS) is 10.7. The van der Waals surface area contributed by atoms with Crippen molar-refractivity contribution in [2.24, 2.45) is 0 Å². The van der Waals surface area contributed by atoms with Gasteiger partial charge in [-0.05, 0) is 52.8 Å². The molecule has 0 aliphatic rings. The van der Waals surface area contributed by atoms with Gasteiger partial charge in [-0.25, -0.2) is 14.4 Å². The number of carbonyl (C=O) groups is 1. The third-order valence-corrected chi connectivity index (χ3v) is 3.79. The molecule has 2 rings (SSSR count). The summed E-state index contributed by atoms with van der Waals surface area (Å²) in [6, 6.07) is 6.09. The largest absolute Gasteiger partial charge is 0.297 e. The predicted molar refractivity (Wildman–Crippen MR) is 83.9 cm³/mol. The van der Waals surface area contributed by atoms with E-state index in [1.165, 1.54) is 12.1 Å². The monoisotopic (exact) mass is 385 g/mol. The van der Waals surface area contributed by atoms with Crippen LogP contribution in [0, 0.1) is 9.39 Å². The van der Waals surface area contributed by atoms with E-state index in [0.29, 0.717) is 12.1 Å². The molecular weight excluding hydrogens is 372 g/mol. The molecule has 0 aliphatic carbocycles. The van der Waals surface area contributed by atoms with Crippen LogP contribution in [0.5, 0.6) is 0 Å². The van der Waals surface area contributed by atoms with Gasteiger partial charge in [-0.15, -0.1) is 0 Å². The number of anilines is 1. The maximum absolute atomic E-state index is 13.0. The highest BCUT2D eigenvalue weighted by molar-refractivity contribution is 14.1. The van der Waals surface area contributed by atoms with Crippen LogP contribution in [0.15, 0.2) is 24.3 Å². The Morgan fingerprint density at radius 1 is 1.25 bits per heavy atom. The van der Waals surface area contributed by atoms with E-state index in [2.05, 4.69) is 37.9 Å². The third-order valence-electron chi connectivity index (χ3n) is 2.73. The average molecular weight is 385 g/mol. The zero-order valence-corrected chi connectivity index (χ0v) is 13.2. The molecule has 0 unspecified atom stereocenters. The van der Waals surface area contributed by atoms with Crippen molar-refractivity contribution in [2.45, 2.75) is 19.8 Å². The summed E-state index contributed by atoms with van der Waals surface area (Å²) < 4.78 is 13.9. The first kappa shape index (κ1) is 14.8. The van der Waals surface area contributed by atoms with Crippen LogP contribution >= 0.6 is 22.6 Å². The van der Waals surface area contributed by atoms with Crippen LogP contribution in [0.3, 0.4) is 0 Å². The molecule has 1 heterocycles. The smallest absolute Gasteiger partial charge is 0.230 e. The number of benzene rings is 1. The van der Waals surface area contributed by atoms with Gasteiger partial charge in [0.05, 0.1) is 15.0 Å². The SMILES string of the molecule is CC(C)c1nc(NC=O)nc(-c2ccc(F)cc2)c1I. The summed E-state index contributed by atoms with van der Waals surface area (Å²) in [7, 11) is 0. The lowest BCUT2D eigenvalue weighted by Crippen LogP contribution is -2.08. The van der Waals surface area contributed by atoms with Crippen LogP contribution in [0.25, 0.3) is 11.3 Å². The molecule has 0 spiro atoms. The van der Waals surface area contributed by atoms with Gasteiger partial charge in [-0.2, -0.15) is 0 Å². The Bertz CT molecular complexity index is 629. The van der Waals surface area contributed by atoms with E-state index in [4.69, 9.17) is 0 Å². The first-order valence-electron chi connectivity index (χ1n) is 6.06. The van der Waals surface area contributed by atoms with Crippen LogP contribution in [0.2, 0.25) is 0 Å². The van der Waals surface area contributed by atoms with Crippen LogP contribution < -0.4 is 5.32 Å². The fraction of sp³-hybridized carbons (Fsp3) is 0.214. The maximum atomic E-state index is 13.0. The summed E-state index contributed by atoms with van der Waals surface area (Å²) >= 11 is 2.18. The number of aromatic nitrogens is 2. The molecule has 0 atom stereocenters. The number of hydrogen-bond acceptors (Lipinski definition) is 3. The molecule has 1 aromatic carbocycles. The first-order chi connectivity index (χ1) is 9.52. The topological polar surface area (TPSA) is 54.9 Å². The minimum Gasteiger partial charge on any atom is -0.297 e. The third kappa shape index (κ3) is 3.12. The van der Waals surface area contributed by atoms with Crippen LogP contribution in [0.1, 0.15) is 25.5 Å². The molecule has 20 heavy (non-hydrogen) atoms. The zero-order chi connectivity index (χ0) is 14.7. The van der Waals surface area contributed by atoms with Gasteiger partial charge in [0, 0.05) is 5.56 Å². The predicted octanol–water partition coefficient (Wildman–Crippen LogP) is 3.58. The Balaban J connectivity index is 2.61. The molecule has 104 valence electrons. The zero-order valence-electron chi connectivity index (χ0n) is 11.0. The Morgan fingerprint density at radius 2 is 1.90 bits per heavy atom. The van der Waals surface area contributed by atoms with Crippen molar-refractivity contribution in [1.29, 1.82) is 0 Å². The second-order valence-electron chi connectivity index (χ2n) is 4.52. The van der Waals surface area contributed by atoms with E-state index >= 15 is 0 Å². The summed E-state index contributed by atoms with van der Waals surface area (Å²) in [5.41, 5.74) is 2.33. The number of amides is 1. The van der Waals surface area contributed by atoms with Crippen LogP contribution in [-0.2, 0) is 4.79 Å². The lowest BCUT2D eigenvalue weighted by Gasteiger charge is -2.13. The van der Waals surface area contributed by atoms with E-state index in [1.807, 2.05) is 13.8 Å². The Morgan fingerprint density at radius 3 is 2.45 bits per heavy atom. The van der Waals surface area contributed by atoms with Crippen molar-refractivity contribution < 1.29 is 9.18 Å². The van der Waals surface area contributed by atoms with Crippen molar-refractivity contribution in [3.05, 3.63) is 39.3 Å². The number of nitrogens with one attached hydrogen (secondary N) is 1. The van der Waals surface area contributed by atoms with Gasteiger partial charge in [-0.3, -0.25) is 10.1 Å². The number of rotatable bonds is 4. The van der Waals surface area contributed by atoms with Gasteiger partial charge in [-0.1, -0.05) is 13.8 Å². The Hall–Kier alpha value is -1.57. The van der Waals surface area contributed by atoms with Gasteiger partial charge in [0.1, 0.15) is 5.82 Å². The van der Waals surface area contributed by atoms with Crippen molar-refractivity contribution >= 4 is 34.9 Å². The number of halogens is 2. The highest BCUT2D eigenvalue weighted by Crippen LogP contribution is 2.30. The second kappa shape index (κ2) is 6.25. The minimum absolute atomic E-state index is 0.191. The van der Waals surface area contributed by atoms with Gasteiger partial charge in [0.2, 0.25) is 12.4 Å². The molecule has 2 aromatic rings. The fourth-order valence-electron chi connectivity index (χ4n) is 1.76. The fourth-order valence-corrected chi connectivity index (χ4v) is 2.94. The lowest BCUT2D eigenvalue weighted by molar-refractivity contribution is -0.105. The number of hydrogen-bond donors (Lipinski definition) is 1. The molecule has 0 radical (unpaired) electrons. The number of nitrogens with zero attached hydrogens (tertiary/aromatic N) is 2. The van der Waals surface area contributed by atoms with Gasteiger partial charge in [0.15, 0.2) is 0 Å². The molecule has 0 fully saturated rings. The number of carbonyl (C=O) groups excluding carboxylic acids is 1. The summed E-state index contributed by atoms with van der Waals surface area (Å²) in [6.07, 6.45) is 0.542. The summed E-state index contributed by atoms with van der Waals surface area (Å²) in [5, 5.41) is 2.47. The molecule has 0 saturated carbocycles. The van der Waals surface area contributed by atoms with Crippen molar-refractivity contribution in [3.63, 3.8) is 0 Å². The molecule has 4 nitrogen and oxygen atoms in total. The van der Waals surface area contributed by atoms with E-state index in [9.17, 15) is 9.18 Å². The highest BCUT2D eigenvalue weighted by Gasteiger charge is 2.16.